The van der Waals surface area contributed by atoms with Gasteiger partial charge in [0.25, 0.3) is 5.91 Å². The Bertz CT molecular complexity index is 898. The Morgan fingerprint density at radius 2 is 1.75 bits per heavy atom. The summed E-state index contributed by atoms with van der Waals surface area (Å²) in [5, 5.41) is 26.9. The Morgan fingerprint density at radius 3 is 2.31 bits per heavy atom. The van der Waals surface area contributed by atoms with Crippen LogP contribution in [0.5, 0.6) is 5.75 Å². The molecule has 1 aliphatic heterocycles. The van der Waals surface area contributed by atoms with Crippen molar-refractivity contribution < 1.29 is 38.8 Å². The lowest BCUT2D eigenvalue weighted by atomic mass is 9.86. The Balaban J connectivity index is 2.03. The van der Waals surface area contributed by atoms with Crippen LogP contribution in [0.15, 0.2) is 24.3 Å². The minimum Gasteiger partial charge on any atom is -0.497 e. The van der Waals surface area contributed by atoms with Crippen LogP contribution in [-0.2, 0) is 19.1 Å². The molecule has 1 aromatic carbocycles. The number of hydrogen-bond acceptors (Lipinski definition) is 8. The molecule has 1 aliphatic rings. The predicted molar refractivity (Wildman–Crippen MR) is 132 cm³/mol. The largest absolute Gasteiger partial charge is 0.497 e. The van der Waals surface area contributed by atoms with E-state index in [4.69, 9.17) is 14.2 Å². The average molecular weight is 509 g/mol. The highest BCUT2D eigenvalue weighted by molar-refractivity contribution is 5.94. The van der Waals surface area contributed by atoms with E-state index < -0.39 is 47.4 Å². The molecule has 202 valence electrons. The van der Waals surface area contributed by atoms with E-state index in [0.29, 0.717) is 30.6 Å². The van der Waals surface area contributed by atoms with Crippen LogP contribution in [0.25, 0.3) is 0 Å². The maximum atomic E-state index is 12.6. The second-order valence-corrected chi connectivity index (χ2v) is 10.4. The first-order valence-electron chi connectivity index (χ1n) is 12.2. The lowest BCUT2D eigenvalue weighted by molar-refractivity contribution is -0.298. The number of rotatable bonds is 11. The van der Waals surface area contributed by atoms with Gasteiger partial charge >= 0.3 is 0 Å². The monoisotopic (exact) mass is 508 g/mol. The molecular weight excluding hydrogens is 468 g/mol. The van der Waals surface area contributed by atoms with Gasteiger partial charge in [0.2, 0.25) is 5.91 Å². The Kier molecular flexibility index (Phi) is 10.4. The average Bonchev–Trinajstić information content (AvgIpc) is 2.82. The van der Waals surface area contributed by atoms with Crippen molar-refractivity contribution in [3.63, 3.8) is 0 Å². The van der Waals surface area contributed by atoms with E-state index in [1.807, 2.05) is 20.8 Å². The minimum absolute atomic E-state index is 0.122. The number of methoxy groups -OCH3 is 1. The lowest BCUT2D eigenvalue weighted by Crippen LogP contribution is -2.70. The third kappa shape index (κ3) is 7.99. The van der Waals surface area contributed by atoms with Crippen LogP contribution >= 0.6 is 0 Å². The van der Waals surface area contributed by atoms with Crippen LogP contribution in [0.4, 0.5) is 0 Å². The summed E-state index contributed by atoms with van der Waals surface area (Å²) in [6.45, 7) is 8.56. The van der Waals surface area contributed by atoms with Crippen molar-refractivity contribution >= 4 is 17.6 Å². The van der Waals surface area contributed by atoms with E-state index in [9.17, 15) is 24.6 Å². The van der Waals surface area contributed by atoms with Gasteiger partial charge in [0, 0.05) is 37.5 Å². The van der Waals surface area contributed by atoms with Crippen LogP contribution in [0, 0.1) is 5.41 Å². The van der Waals surface area contributed by atoms with Crippen molar-refractivity contribution in [2.45, 2.75) is 84.0 Å². The Morgan fingerprint density at radius 1 is 1.11 bits per heavy atom. The summed E-state index contributed by atoms with van der Waals surface area (Å²) in [5.74, 6) is -0.0459. The first-order valence-corrected chi connectivity index (χ1v) is 12.2. The number of Topliss-reactive ketones (excluding diaryl/α,β-unsaturated/α-hetero) is 1. The number of carbonyl (C=O) groups is 3. The minimum atomic E-state index is -1.42. The molecule has 5 atom stereocenters. The zero-order valence-corrected chi connectivity index (χ0v) is 22.0. The number of ketones is 1. The Labute approximate surface area is 212 Å². The van der Waals surface area contributed by atoms with E-state index in [1.165, 1.54) is 14.0 Å². The first kappa shape index (κ1) is 29.7. The zero-order valence-electron chi connectivity index (χ0n) is 22.0. The number of unbranched alkanes of at least 4 members (excludes halogenated alkanes) is 1. The molecular formula is C26H40N2O8. The van der Waals surface area contributed by atoms with Crippen molar-refractivity contribution in [1.82, 2.24) is 10.6 Å². The SMILES string of the molecule is COc1ccc(C(=O)NCC2(C)O[C@@H](OCCCCC(=O)C(C)(C)C)C(NC(C)=O)[C@@H](O)[C@@H]2O)cc1. The Hall–Kier alpha value is -2.53. The number of hydrogen-bond donors (Lipinski definition) is 4. The third-order valence-corrected chi connectivity index (χ3v) is 6.23. The molecule has 1 heterocycles. The fourth-order valence-electron chi connectivity index (χ4n) is 3.86. The van der Waals surface area contributed by atoms with E-state index in [2.05, 4.69) is 10.6 Å². The van der Waals surface area contributed by atoms with Gasteiger partial charge in [-0.2, -0.15) is 0 Å². The molecule has 2 amide bonds. The maximum Gasteiger partial charge on any atom is 0.251 e. The zero-order chi connectivity index (χ0) is 27.1. The van der Waals surface area contributed by atoms with Crippen molar-refractivity contribution in [1.29, 1.82) is 0 Å². The molecule has 10 heteroatoms. The highest BCUT2D eigenvalue weighted by Gasteiger charge is 2.52. The standard InChI is InChI=1S/C26H40N2O8/c1-16(29)28-20-21(31)22(32)26(5,15-27-23(33)17-10-12-18(34-6)13-11-17)36-24(20)35-14-8-7-9-19(30)25(2,3)4/h10-13,20-22,24,31-32H,7-9,14-15H2,1-6H3,(H,27,33)(H,28,29)/t20?,21-,22+,24-,26?/m1/s1. The summed E-state index contributed by atoms with van der Waals surface area (Å²) in [5.41, 5.74) is -1.41. The third-order valence-electron chi connectivity index (χ3n) is 6.23. The van der Waals surface area contributed by atoms with Crippen LogP contribution in [-0.4, -0.2) is 78.2 Å². The van der Waals surface area contributed by atoms with Crippen molar-refractivity contribution in [2.75, 3.05) is 20.3 Å². The molecule has 0 spiro atoms. The number of amides is 2. The van der Waals surface area contributed by atoms with E-state index in [-0.39, 0.29) is 18.9 Å². The fraction of sp³-hybridized carbons (Fsp3) is 0.654. The van der Waals surface area contributed by atoms with Gasteiger partial charge in [-0.1, -0.05) is 20.8 Å². The van der Waals surface area contributed by atoms with Gasteiger partial charge in [-0.05, 0) is 44.0 Å². The van der Waals surface area contributed by atoms with Crippen molar-refractivity contribution in [3.8, 4) is 5.75 Å². The number of ether oxygens (including phenoxy) is 3. The molecule has 0 bridgehead atoms. The molecule has 2 rings (SSSR count). The molecule has 4 N–H and O–H groups in total. The summed E-state index contributed by atoms with van der Waals surface area (Å²) in [4.78, 5) is 36.4. The molecule has 1 saturated heterocycles. The molecule has 36 heavy (non-hydrogen) atoms. The van der Waals surface area contributed by atoms with Crippen LogP contribution in [0.1, 0.15) is 64.2 Å². The van der Waals surface area contributed by atoms with Gasteiger partial charge in [0.05, 0.1) is 7.11 Å². The van der Waals surface area contributed by atoms with Gasteiger partial charge in [-0.3, -0.25) is 14.4 Å². The first-order chi connectivity index (χ1) is 16.8. The van der Waals surface area contributed by atoms with Gasteiger partial charge < -0.3 is 35.1 Å². The molecule has 2 unspecified atom stereocenters. The molecule has 10 nitrogen and oxygen atoms in total. The van der Waals surface area contributed by atoms with Crippen LogP contribution in [0.3, 0.4) is 0 Å². The normalized spacial score (nSPS) is 26.2. The lowest BCUT2D eigenvalue weighted by Gasteiger charge is -2.48. The number of benzene rings is 1. The van der Waals surface area contributed by atoms with Gasteiger partial charge in [-0.15, -0.1) is 0 Å². The maximum absolute atomic E-state index is 12.6. The van der Waals surface area contributed by atoms with Gasteiger partial charge in [0.15, 0.2) is 6.29 Å². The molecule has 1 aromatic rings. The summed E-state index contributed by atoms with van der Waals surface area (Å²) in [6.07, 6.45) is -2.29. The number of aliphatic hydroxyl groups is 2. The highest BCUT2D eigenvalue weighted by atomic mass is 16.7. The topological polar surface area (TPSA) is 143 Å². The fourth-order valence-corrected chi connectivity index (χ4v) is 3.86. The molecule has 0 aromatic heterocycles. The second kappa shape index (κ2) is 12.6. The highest BCUT2D eigenvalue weighted by Crippen LogP contribution is 2.31. The smallest absolute Gasteiger partial charge is 0.251 e. The van der Waals surface area contributed by atoms with E-state index in [0.717, 1.165) is 0 Å². The van der Waals surface area contributed by atoms with E-state index in [1.54, 1.807) is 31.2 Å². The van der Waals surface area contributed by atoms with Crippen LogP contribution < -0.4 is 15.4 Å². The summed E-state index contributed by atoms with van der Waals surface area (Å²) in [7, 11) is 1.53. The van der Waals surface area contributed by atoms with Gasteiger partial charge in [-0.25, -0.2) is 0 Å². The number of aliphatic hydroxyl groups excluding tert-OH is 2. The number of carbonyl (C=O) groups excluding carboxylic acids is 3. The van der Waals surface area contributed by atoms with E-state index >= 15 is 0 Å². The van der Waals surface area contributed by atoms with Crippen molar-refractivity contribution in [3.05, 3.63) is 29.8 Å². The predicted octanol–water partition coefficient (Wildman–Crippen LogP) is 1.57. The molecule has 0 aliphatic carbocycles. The number of nitrogens with one attached hydrogen (secondary N) is 2. The summed E-state index contributed by atoms with van der Waals surface area (Å²) >= 11 is 0. The van der Waals surface area contributed by atoms with Crippen molar-refractivity contribution in [2.24, 2.45) is 5.41 Å². The van der Waals surface area contributed by atoms with Crippen LogP contribution in [0.2, 0.25) is 0 Å². The quantitative estimate of drug-likeness (QED) is 0.330. The second-order valence-electron chi connectivity index (χ2n) is 10.4. The summed E-state index contributed by atoms with van der Waals surface area (Å²) < 4.78 is 17.0. The summed E-state index contributed by atoms with van der Waals surface area (Å²) in [6, 6.07) is 5.50. The molecule has 0 radical (unpaired) electrons. The molecule has 0 saturated carbocycles. The molecule has 1 fully saturated rings. The van der Waals surface area contributed by atoms with Gasteiger partial charge in [0.1, 0.15) is 35.4 Å².